The fourth-order valence-electron chi connectivity index (χ4n) is 2.04. The molecule has 9 heteroatoms. The van der Waals surface area contributed by atoms with Crippen LogP contribution in [0.1, 0.15) is 27.0 Å². The summed E-state index contributed by atoms with van der Waals surface area (Å²) in [6, 6.07) is 5.23. The fraction of sp³-hybridized carbons (Fsp3) is 0.188. The maximum Gasteiger partial charge on any atom is 0.416 e. The summed E-state index contributed by atoms with van der Waals surface area (Å²) in [5.74, 6) is -6.47. The van der Waals surface area contributed by atoms with Crippen LogP contribution in [0.4, 0.5) is 35.1 Å². The summed E-state index contributed by atoms with van der Waals surface area (Å²) < 4.78 is 105. The standard InChI is InChI=1S/C16H8F8O/c17-14(18,13(25)9-4-2-1-3-5-9)10-6-11(15(19,20)21)8-12(7-10)16(22,23)24/h1-8H. The molecule has 0 fully saturated rings. The highest BCUT2D eigenvalue weighted by molar-refractivity contribution is 6.01. The Labute approximate surface area is 135 Å². The van der Waals surface area contributed by atoms with Crippen LogP contribution in [0.2, 0.25) is 0 Å². The van der Waals surface area contributed by atoms with Crippen molar-refractivity contribution in [1.82, 2.24) is 0 Å². The molecule has 25 heavy (non-hydrogen) atoms. The Bertz CT molecular complexity index is 743. The van der Waals surface area contributed by atoms with Crippen molar-refractivity contribution in [2.45, 2.75) is 18.3 Å². The second-order valence-electron chi connectivity index (χ2n) is 5.06. The molecule has 0 N–H and O–H groups in total. The zero-order valence-electron chi connectivity index (χ0n) is 12.1. The molecule has 0 heterocycles. The number of hydrogen-bond donors (Lipinski definition) is 0. The van der Waals surface area contributed by atoms with E-state index in [-0.39, 0.29) is 18.2 Å². The van der Waals surface area contributed by atoms with Crippen molar-refractivity contribution < 1.29 is 39.9 Å². The average Bonchev–Trinajstić information content (AvgIpc) is 2.53. The maximum atomic E-state index is 14.3. The Morgan fingerprint density at radius 2 is 1.04 bits per heavy atom. The molecule has 0 aliphatic carbocycles. The number of alkyl halides is 8. The third-order valence-corrected chi connectivity index (χ3v) is 3.27. The summed E-state index contributed by atoms with van der Waals surface area (Å²) in [6.07, 6.45) is -10.6. The molecule has 0 radical (unpaired) electrons. The first kappa shape index (κ1) is 18.9. The molecule has 2 aromatic carbocycles. The molecule has 0 amide bonds. The van der Waals surface area contributed by atoms with Gasteiger partial charge in [-0.1, -0.05) is 30.3 Å². The van der Waals surface area contributed by atoms with Gasteiger partial charge in [-0.3, -0.25) is 4.79 Å². The zero-order valence-corrected chi connectivity index (χ0v) is 12.1. The van der Waals surface area contributed by atoms with Crippen molar-refractivity contribution in [2.24, 2.45) is 0 Å². The van der Waals surface area contributed by atoms with Gasteiger partial charge in [0, 0.05) is 11.1 Å². The van der Waals surface area contributed by atoms with Gasteiger partial charge in [-0.15, -0.1) is 0 Å². The molecule has 134 valence electrons. The van der Waals surface area contributed by atoms with Crippen molar-refractivity contribution in [2.75, 3.05) is 0 Å². The second-order valence-corrected chi connectivity index (χ2v) is 5.06. The maximum absolute atomic E-state index is 14.3. The summed E-state index contributed by atoms with van der Waals surface area (Å²) in [4.78, 5) is 11.9. The van der Waals surface area contributed by atoms with E-state index in [0.29, 0.717) is 0 Å². The van der Waals surface area contributed by atoms with Gasteiger partial charge in [0.1, 0.15) is 0 Å². The predicted octanol–water partition coefficient (Wildman–Crippen LogP) is 5.70. The first-order valence-electron chi connectivity index (χ1n) is 6.61. The molecule has 1 nitrogen and oxygen atoms in total. The van der Waals surface area contributed by atoms with Crippen molar-refractivity contribution >= 4 is 5.78 Å². The van der Waals surface area contributed by atoms with E-state index in [4.69, 9.17) is 0 Å². The quantitative estimate of drug-likeness (QED) is 0.502. The number of Topliss-reactive ketones (excluding diaryl/α,β-unsaturated/α-hetero) is 1. The molecular formula is C16H8F8O. The summed E-state index contributed by atoms with van der Waals surface area (Å²) in [7, 11) is 0. The molecule has 0 atom stereocenters. The summed E-state index contributed by atoms with van der Waals surface area (Å²) in [5.41, 5.74) is -6.06. The van der Waals surface area contributed by atoms with Gasteiger partial charge in [0.15, 0.2) is 0 Å². The lowest BCUT2D eigenvalue weighted by atomic mass is 9.95. The van der Waals surface area contributed by atoms with Gasteiger partial charge in [-0.25, -0.2) is 0 Å². The SMILES string of the molecule is O=C(c1ccccc1)C(F)(F)c1cc(C(F)(F)F)cc(C(F)(F)F)c1. The Morgan fingerprint density at radius 3 is 1.44 bits per heavy atom. The van der Waals surface area contributed by atoms with Crippen LogP contribution in [0.15, 0.2) is 48.5 Å². The third-order valence-electron chi connectivity index (χ3n) is 3.27. The van der Waals surface area contributed by atoms with Crippen molar-refractivity contribution in [3.05, 3.63) is 70.8 Å². The first-order valence-corrected chi connectivity index (χ1v) is 6.61. The summed E-state index contributed by atoms with van der Waals surface area (Å²) in [6.45, 7) is 0. The van der Waals surface area contributed by atoms with Crippen LogP contribution in [0.5, 0.6) is 0 Å². The van der Waals surface area contributed by atoms with Gasteiger partial charge < -0.3 is 0 Å². The fourth-order valence-corrected chi connectivity index (χ4v) is 2.04. The van der Waals surface area contributed by atoms with Crippen LogP contribution in [-0.2, 0) is 18.3 Å². The number of carbonyl (C=O) groups is 1. The predicted molar refractivity (Wildman–Crippen MR) is 71.1 cm³/mol. The molecule has 0 aliphatic rings. The van der Waals surface area contributed by atoms with E-state index in [0.717, 1.165) is 12.1 Å². The largest absolute Gasteiger partial charge is 0.416 e. The number of halogens is 8. The van der Waals surface area contributed by atoms with E-state index in [1.807, 2.05) is 0 Å². The van der Waals surface area contributed by atoms with Crippen molar-refractivity contribution in [3.8, 4) is 0 Å². The molecule has 0 bridgehead atoms. The van der Waals surface area contributed by atoms with Gasteiger partial charge in [0.2, 0.25) is 5.78 Å². The highest BCUT2D eigenvalue weighted by Crippen LogP contribution is 2.41. The van der Waals surface area contributed by atoms with Gasteiger partial charge in [0.25, 0.3) is 0 Å². The zero-order chi connectivity index (χ0) is 19.0. The molecule has 2 aromatic rings. The lowest BCUT2D eigenvalue weighted by Crippen LogP contribution is -2.27. The lowest BCUT2D eigenvalue weighted by Gasteiger charge is -2.19. The highest BCUT2D eigenvalue weighted by Gasteiger charge is 2.45. The van der Waals surface area contributed by atoms with Crippen molar-refractivity contribution in [3.63, 3.8) is 0 Å². The number of carbonyl (C=O) groups excluding carboxylic acids is 1. The third kappa shape index (κ3) is 3.97. The second kappa shape index (κ2) is 6.12. The minimum Gasteiger partial charge on any atom is -0.287 e. The smallest absolute Gasteiger partial charge is 0.287 e. The van der Waals surface area contributed by atoms with E-state index in [1.54, 1.807) is 0 Å². The topological polar surface area (TPSA) is 17.1 Å². The summed E-state index contributed by atoms with van der Waals surface area (Å²) in [5, 5.41) is 0. The Morgan fingerprint density at radius 1 is 0.640 bits per heavy atom. The van der Waals surface area contributed by atoms with Crippen LogP contribution in [0, 0.1) is 0 Å². The Balaban J connectivity index is 2.62. The highest BCUT2D eigenvalue weighted by atomic mass is 19.4. The number of benzene rings is 2. The molecule has 0 aliphatic heterocycles. The van der Waals surface area contributed by atoms with E-state index in [1.165, 1.54) is 18.2 Å². The van der Waals surface area contributed by atoms with E-state index in [2.05, 4.69) is 0 Å². The van der Waals surface area contributed by atoms with E-state index < -0.39 is 46.3 Å². The van der Waals surface area contributed by atoms with E-state index >= 15 is 0 Å². The Hall–Kier alpha value is -2.45. The molecule has 0 saturated carbocycles. The van der Waals surface area contributed by atoms with E-state index in [9.17, 15) is 39.9 Å². The number of hydrogen-bond acceptors (Lipinski definition) is 1. The number of rotatable bonds is 3. The van der Waals surface area contributed by atoms with Crippen LogP contribution >= 0.6 is 0 Å². The molecular weight excluding hydrogens is 360 g/mol. The monoisotopic (exact) mass is 368 g/mol. The normalized spacial score (nSPS) is 13.0. The molecule has 0 aromatic heterocycles. The van der Waals surface area contributed by atoms with Gasteiger partial charge >= 0.3 is 18.3 Å². The summed E-state index contributed by atoms with van der Waals surface area (Å²) >= 11 is 0. The molecule has 0 unspecified atom stereocenters. The lowest BCUT2D eigenvalue weighted by molar-refractivity contribution is -0.143. The Kier molecular flexibility index (Phi) is 4.63. The molecule has 0 spiro atoms. The van der Waals surface area contributed by atoms with Crippen LogP contribution in [-0.4, -0.2) is 5.78 Å². The van der Waals surface area contributed by atoms with Gasteiger partial charge in [0.05, 0.1) is 11.1 Å². The molecule has 2 rings (SSSR count). The minimum absolute atomic E-state index is 0.157. The van der Waals surface area contributed by atoms with Gasteiger partial charge in [-0.05, 0) is 18.2 Å². The molecule has 0 saturated heterocycles. The minimum atomic E-state index is -5.29. The average molecular weight is 368 g/mol. The van der Waals surface area contributed by atoms with Crippen LogP contribution < -0.4 is 0 Å². The van der Waals surface area contributed by atoms with Gasteiger partial charge in [-0.2, -0.15) is 35.1 Å². The first-order chi connectivity index (χ1) is 11.3. The van der Waals surface area contributed by atoms with Crippen LogP contribution in [0.25, 0.3) is 0 Å². The van der Waals surface area contributed by atoms with Crippen LogP contribution in [0.3, 0.4) is 0 Å². The number of ketones is 1. The van der Waals surface area contributed by atoms with Crippen molar-refractivity contribution in [1.29, 1.82) is 0 Å².